The van der Waals surface area contributed by atoms with Crippen molar-refractivity contribution in [2.24, 2.45) is 0 Å². The van der Waals surface area contributed by atoms with Crippen molar-refractivity contribution in [3.8, 4) is 0 Å². The molecule has 0 heterocycles. The van der Waals surface area contributed by atoms with E-state index in [4.69, 9.17) is 9.90 Å². The fourth-order valence-electron chi connectivity index (χ4n) is 1.29. The van der Waals surface area contributed by atoms with Crippen LogP contribution in [0.25, 0.3) is 0 Å². The molecule has 17 heavy (non-hydrogen) atoms. The van der Waals surface area contributed by atoms with E-state index in [0.717, 1.165) is 26.2 Å². The zero-order valence-electron chi connectivity index (χ0n) is 11.5. The van der Waals surface area contributed by atoms with Gasteiger partial charge >= 0.3 is 0 Å². The number of unbranched alkanes of at least 4 members (excludes halogenated alkanes) is 3. The monoisotopic (exact) mass is 244 g/mol. The molecule has 1 atom stereocenters. The number of rotatable bonds is 8. The molecule has 0 aliphatic carbocycles. The number of aliphatic hydroxyl groups excluding tert-OH is 1. The van der Waals surface area contributed by atoms with Gasteiger partial charge in [0.25, 0.3) is 5.97 Å². The molecule has 0 aromatic rings. The average Bonchev–Trinajstić information content (AvgIpc) is 2.24. The molecule has 0 spiro atoms. The Morgan fingerprint density at radius 2 is 1.76 bits per heavy atom. The second-order valence-corrected chi connectivity index (χ2v) is 4.16. The van der Waals surface area contributed by atoms with Crippen LogP contribution < -0.4 is 0 Å². The summed E-state index contributed by atoms with van der Waals surface area (Å²) in [6.45, 7) is 5.44. The van der Waals surface area contributed by atoms with Gasteiger partial charge in [-0.25, -0.2) is 0 Å². The summed E-state index contributed by atoms with van der Waals surface area (Å²) in [5, 5.41) is 16.9. The van der Waals surface area contributed by atoms with E-state index < -0.39 is 5.97 Å². The van der Waals surface area contributed by atoms with E-state index in [9.17, 15) is 5.11 Å². The van der Waals surface area contributed by atoms with Crippen molar-refractivity contribution in [1.29, 1.82) is 0 Å². The van der Waals surface area contributed by atoms with Gasteiger partial charge in [0.05, 0.1) is 6.10 Å². The Bertz CT molecular complexity index is 184. The third-order valence-electron chi connectivity index (χ3n) is 2.17. The second-order valence-electron chi connectivity index (χ2n) is 4.16. The van der Waals surface area contributed by atoms with Gasteiger partial charge in [0.2, 0.25) is 0 Å². The van der Waals surface area contributed by atoms with Gasteiger partial charge in [-0.15, -0.1) is 0 Å². The maximum Gasteiger partial charge on any atom is 0.300 e. The van der Waals surface area contributed by atoms with Crippen molar-refractivity contribution < 1.29 is 15.0 Å². The summed E-state index contributed by atoms with van der Waals surface area (Å²) in [5.74, 6) is -0.833. The molecule has 0 saturated heterocycles. The molecule has 2 N–H and O–H groups in total. The summed E-state index contributed by atoms with van der Waals surface area (Å²) in [7, 11) is 0. The molecule has 3 nitrogen and oxygen atoms in total. The SMILES string of the molecule is CC(=O)O.CCCC=CCC(O)CCCCC. The molecule has 0 amide bonds. The van der Waals surface area contributed by atoms with Crippen LogP contribution in [-0.4, -0.2) is 22.3 Å². The first kappa shape index (κ1) is 18.5. The first-order valence-electron chi connectivity index (χ1n) is 6.57. The number of hydrogen-bond donors (Lipinski definition) is 2. The van der Waals surface area contributed by atoms with Crippen LogP contribution in [-0.2, 0) is 4.79 Å². The van der Waals surface area contributed by atoms with Gasteiger partial charge < -0.3 is 10.2 Å². The third-order valence-corrected chi connectivity index (χ3v) is 2.17. The Balaban J connectivity index is 0. The molecule has 0 saturated carbocycles. The van der Waals surface area contributed by atoms with Crippen molar-refractivity contribution in [1.82, 2.24) is 0 Å². The number of allylic oxidation sites excluding steroid dienone is 1. The van der Waals surface area contributed by atoms with Crippen molar-refractivity contribution in [3.63, 3.8) is 0 Å². The molecule has 1 unspecified atom stereocenters. The predicted molar refractivity (Wildman–Crippen MR) is 72.1 cm³/mol. The highest BCUT2D eigenvalue weighted by atomic mass is 16.4. The minimum Gasteiger partial charge on any atom is -0.481 e. The zero-order valence-corrected chi connectivity index (χ0v) is 11.5. The average molecular weight is 244 g/mol. The molecule has 0 radical (unpaired) electrons. The molecule has 0 aliphatic rings. The van der Waals surface area contributed by atoms with E-state index >= 15 is 0 Å². The number of carboxylic acid groups (broad SMARTS) is 1. The van der Waals surface area contributed by atoms with Crippen molar-refractivity contribution in [2.45, 2.75) is 71.8 Å². The van der Waals surface area contributed by atoms with Crippen LogP contribution >= 0.6 is 0 Å². The number of aliphatic carboxylic acids is 1. The molecular weight excluding hydrogens is 216 g/mol. The Kier molecular flexibility index (Phi) is 16.5. The molecule has 0 fully saturated rings. The Hall–Kier alpha value is -0.830. The smallest absolute Gasteiger partial charge is 0.300 e. The summed E-state index contributed by atoms with van der Waals surface area (Å²) < 4.78 is 0. The molecule has 0 aromatic carbocycles. The van der Waals surface area contributed by atoms with Gasteiger partial charge in [0.1, 0.15) is 0 Å². The number of carbonyl (C=O) groups is 1. The fourth-order valence-corrected chi connectivity index (χ4v) is 1.29. The minimum absolute atomic E-state index is 0.111. The molecule has 0 rings (SSSR count). The van der Waals surface area contributed by atoms with Crippen LogP contribution in [0.4, 0.5) is 0 Å². The highest BCUT2D eigenvalue weighted by Crippen LogP contribution is 2.07. The van der Waals surface area contributed by atoms with Crippen LogP contribution in [0.15, 0.2) is 12.2 Å². The van der Waals surface area contributed by atoms with Crippen molar-refractivity contribution in [2.75, 3.05) is 0 Å². The van der Waals surface area contributed by atoms with Crippen LogP contribution in [0.1, 0.15) is 65.7 Å². The van der Waals surface area contributed by atoms with E-state index in [2.05, 4.69) is 26.0 Å². The molecule has 0 bridgehead atoms. The highest BCUT2D eigenvalue weighted by Gasteiger charge is 1.99. The zero-order chi connectivity index (χ0) is 13.5. The maximum absolute atomic E-state index is 9.52. The van der Waals surface area contributed by atoms with Gasteiger partial charge in [-0.3, -0.25) is 4.79 Å². The number of hydrogen-bond acceptors (Lipinski definition) is 2. The van der Waals surface area contributed by atoms with E-state index in [1.54, 1.807) is 0 Å². The maximum atomic E-state index is 9.52. The Labute approximate surface area is 106 Å². The van der Waals surface area contributed by atoms with Gasteiger partial charge in [-0.1, -0.05) is 51.7 Å². The Morgan fingerprint density at radius 3 is 2.24 bits per heavy atom. The summed E-state index contributed by atoms with van der Waals surface area (Å²) >= 11 is 0. The molecule has 0 aliphatic heterocycles. The minimum atomic E-state index is -0.833. The van der Waals surface area contributed by atoms with Crippen molar-refractivity contribution >= 4 is 5.97 Å². The fraction of sp³-hybridized carbons (Fsp3) is 0.786. The molecule has 102 valence electrons. The lowest BCUT2D eigenvalue weighted by molar-refractivity contribution is -0.134. The number of aliphatic hydroxyl groups is 1. The third kappa shape index (κ3) is 25.4. The van der Waals surface area contributed by atoms with Gasteiger partial charge in [-0.05, 0) is 19.3 Å². The second kappa shape index (κ2) is 15.2. The van der Waals surface area contributed by atoms with E-state index in [0.29, 0.717) is 0 Å². The summed E-state index contributed by atoms with van der Waals surface area (Å²) in [4.78, 5) is 9.00. The van der Waals surface area contributed by atoms with Gasteiger partial charge in [0, 0.05) is 6.92 Å². The van der Waals surface area contributed by atoms with Gasteiger partial charge in [0.15, 0.2) is 0 Å². The first-order chi connectivity index (χ1) is 8.04. The standard InChI is InChI=1S/C12H24O.C2H4O2/c1-3-5-7-9-11-12(13)10-8-6-4-2;1-2(3)4/h7,9,12-13H,3-6,8,10-11H2,1-2H3;1H3,(H,3,4). The largest absolute Gasteiger partial charge is 0.481 e. The molecule has 3 heteroatoms. The summed E-state index contributed by atoms with van der Waals surface area (Å²) in [5.41, 5.74) is 0. The highest BCUT2D eigenvalue weighted by molar-refractivity contribution is 5.62. The lowest BCUT2D eigenvalue weighted by Crippen LogP contribution is -2.03. The predicted octanol–water partition coefficient (Wildman–Crippen LogP) is 3.76. The quantitative estimate of drug-likeness (QED) is 0.505. The molecular formula is C14H28O3. The first-order valence-corrected chi connectivity index (χ1v) is 6.57. The number of carboxylic acids is 1. The van der Waals surface area contributed by atoms with E-state index in [-0.39, 0.29) is 6.10 Å². The van der Waals surface area contributed by atoms with E-state index in [1.165, 1.54) is 25.7 Å². The van der Waals surface area contributed by atoms with Crippen LogP contribution in [0.2, 0.25) is 0 Å². The van der Waals surface area contributed by atoms with Gasteiger partial charge in [-0.2, -0.15) is 0 Å². The van der Waals surface area contributed by atoms with Crippen molar-refractivity contribution in [3.05, 3.63) is 12.2 Å². The Morgan fingerprint density at radius 1 is 1.18 bits per heavy atom. The van der Waals surface area contributed by atoms with Crippen LogP contribution in [0, 0.1) is 0 Å². The van der Waals surface area contributed by atoms with Crippen LogP contribution in [0.5, 0.6) is 0 Å². The lowest BCUT2D eigenvalue weighted by atomic mass is 10.1. The normalized spacial score (nSPS) is 12.0. The molecule has 0 aromatic heterocycles. The lowest BCUT2D eigenvalue weighted by Gasteiger charge is -2.06. The summed E-state index contributed by atoms with van der Waals surface area (Å²) in [6.07, 6.45) is 12.0. The topological polar surface area (TPSA) is 57.5 Å². The van der Waals surface area contributed by atoms with E-state index in [1.807, 2.05) is 0 Å². The summed E-state index contributed by atoms with van der Waals surface area (Å²) in [6, 6.07) is 0. The van der Waals surface area contributed by atoms with Crippen LogP contribution in [0.3, 0.4) is 0 Å².